The van der Waals surface area contributed by atoms with Crippen molar-refractivity contribution < 1.29 is 5.11 Å². The van der Waals surface area contributed by atoms with Gasteiger partial charge in [-0.2, -0.15) is 0 Å². The Hall–Kier alpha value is -0.570. The van der Waals surface area contributed by atoms with Crippen LogP contribution in [0.5, 0.6) is 0 Å². The minimum Gasteiger partial charge on any atom is -0.396 e. The van der Waals surface area contributed by atoms with E-state index in [1.54, 1.807) is 0 Å². The number of halogens is 1. The Kier molecular flexibility index (Phi) is 4.88. The number of benzene rings is 1. The summed E-state index contributed by atoms with van der Waals surface area (Å²) in [4.78, 5) is 0. The number of likely N-dealkylation sites (N-methyl/N-ethyl adjacent to an activating group) is 1. The zero-order valence-electron chi connectivity index (χ0n) is 11.8. The maximum Gasteiger partial charge on any atom is 0.0457 e. The predicted octanol–water partition coefficient (Wildman–Crippen LogP) is 3.37. The van der Waals surface area contributed by atoms with Gasteiger partial charge in [0.05, 0.1) is 0 Å². The SMILES string of the molecule is CN[C@H](C[C@@H](C)CO)C1(c2ccc(Cl)cc2)CCC1. The highest BCUT2D eigenvalue weighted by atomic mass is 35.5. The number of rotatable bonds is 6. The van der Waals surface area contributed by atoms with Crippen LogP contribution in [0.25, 0.3) is 0 Å². The van der Waals surface area contributed by atoms with Gasteiger partial charge in [-0.05, 0) is 49.9 Å². The molecule has 2 nitrogen and oxygen atoms in total. The molecule has 0 radical (unpaired) electrons. The van der Waals surface area contributed by atoms with Crippen molar-refractivity contribution in [3.05, 3.63) is 34.9 Å². The standard InChI is InChI=1S/C16H24ClNO/c1-12(11-19)10-15(18-2)16(8-3-9-16)13-4-6-14(17)7-5-13/h4-7,12,15,18-19H,3,8-11H2,1-2H3/t12-,15-/m1/s1. The fourth-order valence-corrected chi connectivity index (χ4v) is 3.40. The van der Waals surface area contributed by atoms with Gasteiger partial charge in [0.1, 0.15) is 0 Å². The van der Waals surface area contributed by atoms with Crippen LogP contribution >= 0.6 is 11.6 Å². The van der Waals surface area contributed by atoms with E-state index in [1.165, 1.54) is 24.8 Å². The van der Waals surface area contributed by atoms with Gasteiger partial charge in [-0.1, -0.05) is 37.1 Å². The lowest BCUT2D eigenvalue weighted by Crippen LogP contribution is -2.52. The minimum atomic E-state index is 0.225. The highest BCUT2D eigenvalue weighted by Crippen LogP contribution is 2.48. The Morgan fingerprint density at radius 1 is 1.32 bits per heavy atom. The van der Waals surface area contributed by atoms with Gasteiger partial charge in [-0.15, -0.1) is 0 Å². The summed E-state index contributed by atoms with van der Waals surface area (Å²) in [6, 6.07) is 8.72. The number of hydrogen-bond acceptors (Lipinski definition) is 2. The highest BCUT2D eigenvalue weighted by molar-refractivity contribution is 6.30. The molecule has 1 aliphatic carbocycles. The average molecular weight is 282 g/mol. The first-order valence-corrected chi connectivity index (χ1v) is 7.54. The molecule has 2 atom stereocenters. The van der Waals surface area contributed by atoms with Crippen molar-refractivity contribution in [1.82, 2.24) is 5.32 Å². The van der Waals surface area contributed by atoms with Crippen LogP contribution in [0.3, 0.4) is 0 Å². The quantitative estimate of drug-likeness (QED) is 0.838. The summed E-state index contributed by atoms with van der Waals surface area (Å²) in [6.45, 7) is 2.37. The van der Waals surface area contributed by atoms with Crippen LogP contribution in [0.15, 0.2) is 24.3 Å². The van der Waals surface area contributed by atoms with Crippen LogP contribution in [0.2, 0.25) is 5.02 Å². The molecule has 0 heterocycles. The van der Waals surface area contributed by atoms with Gasteiger partial charge in [0.2, 0.25) is 0 Å². The van der Waals surface area contributed by atoms with Gasteiger partial charge in [0.15, 0.2) is 0 Å². The number of aliphatic hydroxyl groups is 1. The number of aliphatic hydroxyl groups excluding tert-OH is 1. The highest BCUT2D eigenvalue weighted by Gasteiger charge is 2.44. The molecule has 1 aromatic rings. The van der Waals surface area contributed by atoms with Crippen molar-refractivity contribution in [3.8, 4) is 0 Å². The van der Waals surface area contributed by atoms with Crippen LogP contribution in [-0.2, 0) is 5.41 Å². The molecule has 0 spiro atoms. The van der Waals surface area contributed by atoms with Crippen LogP contribution in [0, 0.1) is 5.92 Å². The van der Waals surface area contributed by atoms with Crippen molar-refractivity contribution in [1.29, 1.82) is 0 Å². The molecule has 0 aromatic heterocycles. The molecule has 106 valence electrons. The van der Waals surface area contributed by atoms with Gasteiger partial charge >= 0.3 is 0 Å². The summed E-state index contributed by atoms with van der Waals surface area (Å²) in [6.07, 6.45) is 4.74. The number of hydrogen-bond donors (Lipinski definition) is 2. The van der Waals surface area contributed by atoms with Gasteiger partial charge in [-0.3, -0.25) is 0 Å². The maximum atomic E-state index is 9.30. The van der Waals surface area contributed by atoms with Crippen LogP contribution in [0.4, 0.5) is 0 Å². The van der Waals surface area contributed by atoms with E-state index in [4.69, 9.17) is 11.6 Å². The van der Waals surface area contributed by atoms with Crippen molar-refractivity contribution >= 4 is 11.6 Å². The maximum absolute atomic E-state index is 9.30. The summed E-state index contributed by atoms with van der Waals surface area (Å²) in [5, 5.41) is 13.6. The second-order valence-electron chi connectivity index (χ2n) is 5.88. The van der Waals surface area contributed by atoms with Gasteiger partial charge in [0, 0.05) is 23.1 Å². The van der Waals surface area contributed by atoms with E-state index in [0.717, 1.165) is 11.4 Å². The second-order valence-corrected chi connectivity index (χ2v) is 6.32. The summed E-state index contributed by atoms with van der Waals surface area (Å²) in [7, 11) is 2.03. The van der Waals surface area contributed by atoms with Gasteiger partial charge in [-0.25, -0.2) is 0 Å². The first-order chi connectivity index (χ1) is 9.12. The van der Waals surface area contributed by atoms with Crippen LogP contribution < -0.4 is 5.32 Å². The topological polar surface area (TPSA) is 32.3 Å². The van der Waals surface area contributed by atoms with E-state index >= 15 is 0 Å². The predicted molar refractivity (Wildman–Crippen MR) is 80.7 cm³/mol. The lowest BCUT2D eigenvalue weighted by atomic mass is 9.59. The Balaban J connectivity index is 2.22. The van der Waals surface area contributed by atoms with Crippen LogP contribution in [0.1, 0.15) is 38.2 Å². The summed E-state index contributed by atoms with van der Waals surface area (Å²) < 4.78 is 0. The molecule has 2 rings (SSSR count). The molecule has 0 amide bonds. The van der Waals surface area contributed by atoms with E-state index in [9.17, 15) is 5.11 Å². The third-order valence-corrected chi connectivity index (χ3v) is 4.88. The summed E-state index contributed by atoms with van der Waals surface area (Å²) >= 11 is 5.99. The third kappa shape index (κ3) is 2.96. The first-order valence-electron chi connectivity index (χ1n) is 7.16. The molecule has 19 heavy (non-hydrogen) atoms. The van der Waals surface area contributed by atoms with E-state index in [1.807, 2.05) is 19.2 Å². The molecular weight excluding hydrogens is 258 g/mol. The molecule has 1 fully saturated rings. The Bertz CT molecular complexity index is 400. The first kappa shape index (κ1) is 14.8. The fourth-order valence-electron chi connectivity index (χ4n) is 3.27. The van der Waals surface area contributed by atoms with E-state index < -0.39 is 0 Å². The van der Waals surface area contributed by atoms with Crippen molar-refractivity contribution in [2.75, 3.05) is 13.7 Å². The van der Waals surface area contributed by atoms with Gasteiger partial charge in [0.25, 0.3) is 0 Å². The zero-order chi connectivity index (χ0) is 13.9. The molecule has 1 aliphatic rings. The summed E-state index contributed by atoms with van der Waals surface area (Å²) in [5.74, 6) is 0.335. The monoisotopic (exact) mass is 281 g/mol. The molecule has 0 aliphatic heterocycles. The molecule has 0 bridgehead atoms. The molecule has 0 saturated heterocycles. The van der Waals surface area contributed by atoms with E-state index in [2.05, 4.69) is 24.4 Å². The zero-order valence-corrected chi connectivity index (χ0v) is 12.6. The van der Waals surface area contributed by atoms with Gasteiger partial charge < -0.3 is 10.4 Å². The number of nitrogens with one attached hydrogen (secondary N) is 1. The lowest BCUT2D eigenvalue weighted by molar-refractivity contribution is 0.136. The largest absolute Gasteiger partial charge is 0.396 e. The molecular formula is C16H24ClNO. The van der Waals surface area contributed by atoms with Crippen LogP contribution in [-0.4, -0.2) is 24.8 Å². The fraction of sp³-hybridized carbons (Fsp3) is 0.625. The van der Waals surface area contributed by atoms with E-state index in [0.29, 0.717) is 12.0 Å². The van der Waals surface area contributed by atoms with Crippen molar-refractivity contribution in [2.24, 2.45) is 5.92 Å². The molecule has 1 aromatic carbocycles. The molecule has 3 heteroatoms. The average Bonchev–Trinajstić information content (AvgIpc) is 2.38. The normalized spacial score (nSPS) is 20.6. The van der Waals surface area contributed by atoms with Crippen molar-refractivity contribution in [3.63, 3.8) is 0 Å². The Morgan fingerprint density at radius 2 is 1.95 bits per heavy atom. The Morgan fingerprint density at radius 3 is 2.37 bits per heavy atom. The third-order valence-electron chi connectivity index (χ3n) is 4.63. The van der Waals surface area contributed by atoms with E-state index in [-0.39, 0.29) is 12.0 Å². The second kappa shape index (κ2) is 6.25. The summed E-state index contributed by atoms with van der Waals surface area (Å²) in [5.41, 5.74) is 1.61. The lowest BCUT2D eigenvalue weighted by Gasteiger charge is -2.49. The molecule has 0 unspecified atom stereocenters. The minimum absolute atomic E-state index is 0.225. The Labute approximate surface area is 121 Å². The smallest absolute Gasteiger partial charge is 0.0457 e. The molecule has 2 N–H and O–H groups in total. The van der Waals surface area contributed by atoms with Crippen molar-refractivity contribution in [2.45, 2.75) is 44.1 Å². The molecule has 1 saturated carbocycles.